The third-order valence-electron chi connectivity index (χ3n) is 5.69. The Morgan fingerprint density at radius 1 is 1.17 bits per heavy atom. The van der Waals surface area contributed by atoms with Gasteiger partial charge in [0.25, 0.3) is 0 Å². The van der Waals surface area contributed by atoms with Crippen LogP contribution < -0.4 is 19.7 Å². The first kappa shape index (κ1) is 20.2. The molecule has 0 spiro atoms. The predicted octanol–water partition coefficient (Wildman–Crippen LogP) is 3.96. The number of fused-ring (bicyclic) bond motifs is 2. The van der Waals surface area contributed by atoms with E-state index in [1.54, 1.807) is 30.3 Å². The standard InChI is InChI=1S/C23H27N3O4/c1-29-19-11-5-7-16-15-26(18-10-6-14-24-23(18)30-22(16)19)21(28)13-12-20(27)25-17-8-3-2-4-9-17/h5-7,10-11,14,17H,2-4,8-9,12-13,15H2,1H3,(H,25,27). The zero-order chi connectivity index (χ0) is 20.9. The molecule has 0 saturated heterocycles. The smallest absolute Gasteiger partial charge is 0.243 e. The minimum atomic E-state index is -0.137. The van der Waals surface area contributed by atoms with E-state index in [0.717, 1.165) is 31.2 Å². The Hall–Kier alpha value is -3.09. The van der Waals surface area contributed by atoms with Crippen molar-refractivity contribution in [1.82, 2.24) is 10.3 Å². The van der Waals surface area contributed by atoms with Crippen LogP contribution in [-0.2, 0) is 16.1 Å². The molecule has 0 unspecified atom stereocenters. The Bertz CT molecular complexity index is 924. The van der Waals surface area contributed by atoms with Crippen molar-refractivity contribution >= 4 is 17.5 Å². The largest absolute Gasteiger partial charge is 0.493 e. The first-order valence-corrected chi connectivity index (χ1v) is 10.5. The molecule has 1 N–H and O–H groups in total. The summed E-state index contributed by atoms with van der Waals surface area (Å²) in [6.07, 6.45) is 7.54. The fourth-order valence-electron chi connectivity index (χ4n) is 4.11. The van der Waals surface area contributed by atoms with Crippen molar-refractivity contribution in [3.8, 4) is 17.4 Å². The Morgan fingerprint density at radius 3 is 2.80 bits per heavy atom. The Morgan fingerprint density at radius 2 is 2.00 bits per heavy atom. The average molecular weight is 409 g/mol. The van der Waals surface area contributed by atoms with Gasteiger partial charge >= 0.3 is 0 Å². The molecule has 4 rings (SSSR count). The average Bonchev–Trinajstić information content (AvgIpc) is 2.95. The maximum atomic E-state index is 13.1. The summed E-state index contributed by atoms with van der Waals surface area (Å²) in [6.45, 7) is 0.328. The van der Waals surface area contributed by atoms with E-state index in [9.17, 15) is 9.59 Å². The minimum Gasteiger partial charge on any atom is -0.493 e. The molecule has 1 saturated carbocycles. The summed E-state index contributed by atoms with van der Waals surface area (Å²) in [6, 6.07) is 9.41. The molecule has 0 radical (unpaired) electrons. The van der Waals surface area contributed by atoms with Crippen LogP contribution in [0.3, 0.4) is 0 Å². The zero-order valence-corrected chi connectivity index (χ0v) is 17.2. The number of rotatable bonds is 5. The molecule has 158 valence electrons. The van der Waals surface area contributed by atoms with Crippen molar-refractivity contribution in [2.24, 2.45) is 0 Å². The summed E-state index contributed by atoms with van der Waals surface area (Å²) in [4.78, 5) is 31.4. The van der Waals surface area contributed by atoms with Gasteiger partial charge in [-0.2, -0.15) is 0 Å². The van der Waals surface area contributed by atoms with Gasteiger partial charge in [0.1, 0.15) is 5.69 Å². The lowest BCUT2D eigenvalue weighted by Crippen LogP contribution is -2.37. The molecule has 1 aliphatic carbocycles. The van der Waals surface area contributed by atoms with E-state index in [0.29, 0.717) is 29.6 Å². The van der Waals surface area contributed by atoms with Gasteiger partial charge in [-0.05, 0) is 31.0 Å². The van der Waals surface area contributed by atoms with Crippen LogP contribution in [0.1, 0.15) is 50.5 Å². The normalized spacial score (nSPS) is 16.0. The van der Waals surface area contributed by atoms with Crippen molar-refractivity contribution in [2.75, 3.05) is 12.0 Å². The van der Waals surface area contributed by atoms with Crippen molar-refractivity contribution in [3.63, 3.8) is 0 Å². The van der Waals surface area contributed by atoms with Gasteiger partial charge in [-0.1, -0.05) is 31.4 Å². The lowest BCUT2D eigenvalue weighted by Gasteiger charge is -2.23. The monoisotopic (exact) mass is 409 g/mol. The van der Waals surface area contributed by atoms with E-state index in [1.807, 2.05) is 18.2 Å². The second kappa shape index (κ2) is 9.15. The number of methoxy groups -OCH3 is 1. The number of amides is 2. The summed E-state index contributed by atoms with van der Waals surface area (Å²) in [5.74, 6) is 1.30. The SMILES string of the molecule is COc1cccc2c1Oc1ncccc1N(C(=O)CCC(=O)NC1CCCCC1)C2. The summed E-state index contributed by atoms with van der Waals surface area (Å²) in [7, 11) is 1.58. The predicted molar refractivity (Wildman–Crippen MR) is 113 cm³/mol. The van der Waals surface area contributed by atoms with Crippen LogP contribution in [0.25, 0.3) is 0 Å². The van der Waals surface area contributed by atoms with Crippen molar-refractivity contribution < 1.29 is 19.1 Å². The number of ether oxygens (including phenoxy) is 2. The molecule has 2 aromatic rings. The van der Waals surface area contributed by atoms with Crippen LogP contribution in [0.5, 0.6) is 17.4 Å². The van der Waals surface area contributed by atoms with Crippen LogP contribution in [0, 0.1) is 0 Å². The van der Waals surface area contributed by atoms with E-state index in [2.05, 4.69) is 10.3 Å². The lowest BCUT2D eigenvalue weighted by molar-refractivity contribution is -0.125. The molecule has 2 aliphatic rings. The van der Waals surface area contributed by atoms with Crippen LogP contribution in [-0.4, -0.2) is 29.9 Å². The molecule has 30 heavy (non-hydrogen) atoms. The highest BCUT2D eigenvalue weighted by Crippen LogP contribution is 2.42. The summed E-state index contributed by atoms with van der Waals surface area (Å²) in [5, 5.41) is 3.08. The highest BCUT2D eigenvalue weighted by molar-refractivity contribution is 5.96. The number of nitrogens with zero attached hydrogens (tertiary/aromatic N) is 2. The van der Waals surface area contributed by atoms with E-state index in [4.69, 9.17) is 9.47 Å². The highest BCUT2D eigenvalue weighted by Gasteiger charge is 2.28. The Balaban J connectivity index is 1.49. The third-order valence-corrected chi connectivity index (χ3v) is 5.69. The van der Waals surface area contributed by atoms with E-state index >= 15 is 0 Å². The maximum Gasteiger partial charge on any atom is 0.243 e. The molecule has 0 atom stereocenters. The molecule has 2 amide bonds. The number of anilines is 1. The quantitative estimate of drug-likeness (QED) is 0.809. The molecule has 2 heterocycles. The molecular formula is C23H27N3O4. The molecule has 1 aromatic heterocycles. The van der Waals surface area contributed by atoms with E-state index in [-0.39, 0.29) is 30.7 Å². The molecule has 7 heteroatoms. The second-order valence-corrected chi connectivity index (χ2v) is 7.76. The van der Waals surface area contributed by atoms with Crippen molar-refractivity contribution in [2.45, 2.75) is 57.5 Å². The van der Waals surface area contributed by atoms with Gasteiger partial charge in [-0.15, -0.1) is 0 Å². The first-order chi connectivity index (χ1) is 14.7. The minimum absolute atomic E-state index is 0.0604. The summed E-state index contributed by atoms with van der Waals surface area (Å²) < 4.78 is 11.4. The van der Waals surface area contributed by atoms with Gasteiger partial charge in [0, 0.05) is 30.6 Å². The van der Waals surface area contributed by atoms with Gasteiger partial charge in [0.15, 0.2) is 11.5 Å². The molecular weight excluding hydrogens is 382 g/mol. The number of pyridine rings is 1. The lowest BCUT2D eigenvalue weighted by atomic mass is 9.95. The van der Waals surface area contributed by atoms with Gasteiger partial charge in [0.2, 0.25) is 17.7 Å². The van der Waals surface area contributed by atoms with Gasteiger partial charge in [-0.25, -0.2) is 4.98 Å². The molecule has 1 aromatic carbocycles. The number of carbonyl (C=O) groups excluding carboxylic acids is 2. The van der Waals surface area contributed by atoms with Crippen LogP contribution >= 0.6 is 0 Å². The number of hydrogen-bond donors (Lipinski definition) is 1. The molecule has 1 fully saturated rings. The topological polar surface area (TPSA) is 80.8 Å². The summed E-state index contributed by atoms with van der Waals surface area (Å²) >= 11 is 0. The van der Waals surface area contributed by atoms with Crippen LogP contribution in [0.4, 0.5) is 5.69 Å². The Kier molecular flexibility index (Phi) is 6.16. The van der Waals surface area contributed by atoms with Crippen LogP contribution in [0.2, 0.25) is 0 Å². The molecule has 0 bridgehead atoms. The van der Waals surface area contributed by atoms with Gasteiger partial charge < -0.3 is 19.7 Å². The van der Waals surface area contributed by atoms with Gasteiger partial charge in [-0.3, -0.25) is 9.59 Å². The summed E-state index contributed by atoms with van der Waals surface area (Å²) in [5.41, 5.74) is 1.42. The maximum absolute atomic E-state index is 13.1. The van der Waals surface area contributed by atoms with E-state index < -0.39 is 0 Å². The fraction of sp³-hybridized carbons (Fsp3) is 0.435. The van der Waals surface area contributed by atoms with Crippen molar-refractivity contribution in [3.05, 3.63) is 42.1 Å². The number of benzene rings is 1. The number of aromatic nitrogens is 1. The highest BCUT2D eigenvalue weighted by atomic mass is 16.5. The fourth-order valence-corrected chi connectivity index (χ4v) is 4.11. The number of hydrogen-bond acceptors (Lipinski definition) is 5. The Labute approximate surface area is 176 Å². The molecule has 1 aliphatic heterocycles. The molecule has 7 nitrogen and oxygen atoms in total. The zero-order valence-electron chi connectivity index (χ0n) is 17.2. The van der Waals surface area contributed by atoms with E-state index in [1.165, 1.54) is 6.42 Å². The third kappa shape index (κ3) is 4.40. The van der Waals surface area contributed by atoms with Crippen LogP contribution in [0.15, 0.2) is 36.5 Å². The number of para-hydroxylation sites is 1. The van der Waals surface area contributed by atoms with Gasteiger partial charge in [0.05, 0.1) is 13.7 Å². The number of carbonyl (C=O) groups is 2. The number of nitrogens with one attached hydrogen (secondary N) is 1. The van der Waals surface area contributed by atoms with Crippen molar-refractivity contribution in [1.29, 1.82) is 0 Å². The first-order valence-electron chi connectivity index (χ1n) is 10.5. The second-order valence-electron chi connectivity index (χ2n) is 7.76.